The van der Waals surface area contributed by atoms with Crippen molar-refractivity contribution in [2.45, 2.75) is 6.04 Å². The SMILES string of the molecule is CS(=O)(=O)NC1CN(S(=O)(=O)Cl)C1. The highest BCUT2D eigenvalue weighted by molar-refractivity contribution is 8.11. The Balaban J connectivity index is 2.44. The molecule has 6 nitrogen and oxygen atoms in total. The zero-order valence-corrected chi connectivity index (χ0v) is 9.16. The molecule has 0 aliphatic carbocycles. The summed E-state index contributed by atoms with van der Waals surface area (Å²) in [5.41, 5.74) is 0. The number of hydrogen-bond acceptors (Lipinski definition) is 4. The molecular formula is C4H9ClN2O4S2. The average molecular weight is 249 g/mol. The summed E-state index contributed by atoms with van der Waals surface area (Å²) in [6.45, 7) is 0.192. The maximum Gasteiger partial charge on any atom is 0.299 e. The van der Waals surface area contributed by atoms with Gasteiger partial charge in [0.05, 0.1) is 6.26 Å². The summed E-state index contributed by atoms with van der Waals surface area (Å²) in [5, 5.41) is 0. The van der Waals surface area contributed by atoms with Gasteiger partial charge < -0.3 is 0 Å². The molecule has 1 fully saturated rings. The van der Waals surface area contributed by atoms with Crippen LogP contribution >= 0.6 is 10.7 Å². The van der Waals surface area contributed by atoms with E-state index in [-0.39, 0.29) is 19.1 Å². The smallest absolute Gasteiger partial charge is 0.213 e. The monoisotopic (exact) mass is 248 g/mol. The van der Waals surface area contributed by atoms with Gasteiger partial charge in [0.1, 0.15) is 0 Å². The van der Waals surface area contributed by atoms with Crippen LogP contribution in [0.3, 0.4) is 0 Å². The van der Waals surface area contributed by atoms with Crippen molar-refractivity contribution in [1.29, 1.82) is 0 Å². The Morgan fingerprint density at radius 2 is 1.77 bits per heavy atom. The lowest BCUT2D eigenvalue weighted by molar-refractivity contribution is 0.255. The Labute approximate surface area is 81.5 Å². The Bertz CT molecular complexity index is 382. The molecule has 1 N–H and O–H groups in total. The molecule has 1 heterocycles. The van der Waals surface area contributed by atoms with Crippen LogP contribution in [0.5, 0.6) is 0 Å². The Kier molecular flexibility index (Phi) is 2.89. The Hall–Kier alpha value is 0.110. The molecule has 78 valence electrons. The molecule has 1 aliphatic rings. The minimum absolute atomic E-state index is 0.0961. The minimum atomic E-state index is -3.68. The number of rotatable bonds is 3. The highest BCUT2D eigenvalue weighted by atomic mass is 35.7. The summed E-state index contributed by atoms with van der Waals surface area (Å²) in [6.07, 6.45) is 1.02. The first kappa shape index (κ1) is 11.2. The van der Waals surface area contributed by atoms with Crippen LogP contribution in [-0.2, 0) is 19.3 Å². The second-order valence-electron chi connectivity index (χ2n) is 2.85. The number of nitrogens with one attached hydrogen (secondary N) is 1. The molecule has 9 heteroatoms. The summed E-state index contributed by atoms with van der Waals surface area (Å²) in [7, 11) is -1.96. The minimum Gasteiger partial charge on any atom is -0.213 e. The zero-order chi connectivity index (χ0) is 10.3. The summed E-state index contributed by atoms with van der Waals surface area (Å²) in [5.74, 6) is 0. The number of sulfonamides is 1. The summed E-state index contributed by atoms with van der Waals surface area (Å²) in [6, 6.07) is -0.358. The van der Waals surface area contributed by atoms with E-state index < -0.39 is 19.3 Å². The van der Waals surface area contributed by atoms with Crippen molar-refractivity contribution >= 4 is 29.9 Å². The normalized spacial score (nSPS) is 21.4. The summed E-state index contributed by atoms with van der Waals surface area (Å²) >= 11 is 0. The number of halogens is 1. The lowest BCUT2D eigenvalue weighted by Gasteiger charge is -2.35. The van der Waals surface area contributed by atoms with E-state index in [0.29, 0.717) is 0 Å². The van der Waals surface area contributed by atoms with E-state index in [4.69, 9.17) is 10.7 Å². The molecule has 1 saturated heterocycles. The Morgan fingerprint density at radius 3 is 2.08 bits per heavy atom. The molecule has 13 heavy (non-hydrogen) atoms. The lowest BCUT2D eigenvalue weighted by atomic mass is 10.2. The van der Waals surface area contributed by atoms with Crippen molar-refractivity contribution < 1.29 is 16.8 Å². The van der Waals surface area contributed by atoms with Crippen LogP contribution in [0.2, 0.25) is 0 Å². The van der Waals surface area contributed by atoms with Crippen molar-refractivity contribution in [2.75, 3.05) is 19.3 Å². The first-order chi connectivity index (χ1) is 5.68. The third kappa shape index (κ3) is 3.39. The van der Waals surface area contributed by atoms with Gasteiger partial charge in [-0.05, 0) is 0 Å². The van der Waals surface area contributed by atoms with E-state index in [2.05, 4.69) is 4.72 Å². The van der Waals surface area contributed by atoms with Gasteiger partial charge in [-0.25, -0.2) is 13.1 Å². The number of hydrogen-bond donors (Lipinski definition) is 1. The zero-order valence-electron chi connectivity index (χ0n) is 6.77. The standard InChI is InChI=1S/C4H9ClN2O4S2/c1-12(8,9)6-4-2-7(3-4)13(5,10)11/h4,6H,2-3H2,1H3. The van der Waals surface area contributed by atoms with Crippen LogP contribution in [0.15, 0.2) is 0 Å². The summed E-state index contributed by atoms with van der Waals surface area (Å²) in [4.78, 5) is 0. The molecule has 0 bridgehead atoms. The van der Waals surface area contributed by atoms with Gasteiger partial charge in [0.25, 0.3) is 9.24 Å². The Morgan fingerprint density at radius 1 is 1.31 bits per heavy atom. The van der Waals surface area contributed by atoms with Gasteiger partial charge in [-0.3, -0.25) is 0 Å². The molecule has 0 amide bonds. The van der Waals surface area contributed by atoms with Crippen molar-refractivity contribution in [3.63, 3.8) is 0 Å². The van der Waals surface area contributed by atoms with Crippen LogP contribution in [0, 0.1) is 0 Å². The third-order valence-corrected chi connectivity index (χ3v) is 3.80. The van der Waals surface area contributed by atoms with E-state index in [0.717, 1.165) is 10.6 Å². The second kappa shape index (κ2) is 3.35. The van der Waals surface area contributed by atoms with Gasteiger partial charge in [-0.15, -0.1) is 0 Å². The molecule has 0 aromatic heterocycles. The van der Waals surface area contributed by atoms with Gasteiger partial charge in [-0.2, -0.15) is 12.7 Å². The predicted octanol–water partition coefficient (Wildman–Crippen LogP) is -1.30. The second-order valence-corrected chi connectivity index (χ2v) is 7.14. The number of nitrogens with zero attached hydrogens (tertiary/aromatic N) is 1. The van der Waals surface area contributed by atoms with Gasteiger partial charge in [0.15, 0.2) is 0 Å². The molecular weight excluding hydrogens is 240 g/mol. The lowest BCUT2D eigenvalue weighted by Crippen LogP contribution is -2.59. The molecule has 1 aliphatic heterocycles. The molecule has 0 radical (unpaired) electrons. The highest BCUT2D eigenvalue weighted by Crippen LogP contribution is 2.16. The van der Waals surface area contributed by atoms with E-state index in [1.807, 2.05) is 0 Å². The van der Waals surface area contributed by atoms with Crippen molar-refractivity contribution in [1.82, 2.24) is 9.03 Å². The van der Waals surface area contributed by atoms with E-state index in [1.54, 1.807) is 0 Å². The topological polar surface area (TPSA) is 83.6 Å². The van der Waals surface area contributed by atoms with Crippen LogP contribution in [0.25, 0.3) is 0 Å². The highest BCUT2D eigenvalue weighted by Gasteiger charge is 2.35. The molecule has 0 aromatic rings. The molecule has 1 rings (SSSR count). The van der Waals surface area contributed by atoms with E-state index in [1.165, 1.54) is 0 Å². The van der Waals surface area contributed by atoms with Crippen molar-refractivity contribution in [2.24, 2.45) is 0 Å². The largest absolute Gasteiger partial charge is 0.299 e. The molecule has 0 unspecified atom stereocenters. The third-order valence-electron chi connectivity index (χ3n) is 1.54. The first-order valence-electron chi connectivity index (χ1n) is 3.35. The van der Waals surface area contributed by atoms with Gasteiger partial charge in [-0.1, -0.05) is 0 Å². The van der Waals surface area contributed by atoms with Crippen LogP contribution in [0.4, 0.5) is 0 Å². The van der Waals surface area contributed by atoms with Gasteiger partial charge in [0.2, 0.25) is 10.0 Å². The molecule has 0 saturated carbocycles. The quantitative estimate of drug-likeness (QED) is 0.630. The maximum absolute atomic E-state index is 10.7. The maximum atomic E-state index is 10.7. The van der Waals surface area contributed by atoms with E-state index >= 15 is 0 Å². The van der Waals surface area contributed by atoms with Gasteiger partial charge in [0, 0.05) is 29.8 Å². The van der Waals surface area contributed by atoms with E-state index in [9.17, 15) is 16.8 Å². The average Bonchev–Trinajstić information content (AvgIpc) is 1.71. The fourth-order valence-electron chi connectivity index (χ4n) is 0.993. The van der Waals surface area contributed by atoms with Crippen LogP contribution < -0.4 is 4.72 Å². The van der Waals surface area contributed by atoms with Crippen LogP contribution in [0.1, 0.15) is 0 Å². The predicted molar refractivity (Wildman–Crippen MR) is 48.1 cm³/mol. The van der Waals surface area contributed by atoms with Crippen LogP contribution in [-0.4, -0.2) is 46.5 Å². The summed E-state index contributed by atoms with van der Waals surface area (Å²) < 4.78 is 45.9. The van der Waals surface area contributed by atoms with Gasteiger partial charge >= 0.3 is 0 Å². The fraction of sp³-hybridized carbons (Fsp3) is 1.00. The molecule has 0 aromatic carbocycles. The molecule has 0 spiro atoms. The first-order valence-corrected chi connectivity index (χ1v) is 7.51. The van der Waals surface area contributed by atoms with Crippen molar-refractivity contribution in [3.8, 4) is 0 Å². The van der Waals surface area contributed by atoms with Crippen molar-refractivity contribution in [3.05, 3.63) is 0 Å². The fourth-order valence-corrected chi connectivity index (χ4v) is 2.80. The molecule has 0 atom stereocenters.